The highest BCUT2D eigenvalue weighted by Crippen LogP contribution is 2.06. The van der Waals surface area contributed by atoms with Gasteiger partial charge in [-0.3, -0.25) is 9.97 Å². The van der Waals surface area contributed by atoms with Crippen molar-refractivity contribution in [1.82, 2.24) is 9.97 Å². The molecule has 0 aliphatic heterocycles. The Kier molecular flexibility index (Phi) is 2.53. The minimum atomic E-state index is 0.227. The summed E-state index contributed by atoms with van der Waals surface area (Å²) in [6.07, 6.45) is 5.55. The lowest BCUT2D eigenvalue weighted by Gasteiger charge is -1.91. The molecule has 0 aromatic carbocycles. The second-order valence-corrected chi connectivity index (χ2v) is 1.89. The van der Waals surface area contributed by atoms with Crippen molar-refractivity contribution in [2.45, 2.75) is 0 Å². The molecule has 1 aromatic heterocycles. The van der Waals surface area contributed by atoms with Gasteiger partial charge in [0.1, 0.15) is 6.07 Å². The third-order valence-electron chi connectivity index (χ3n) is 1.17. The van der Waals surface area contributed by atoms with Crippen molar-refractivity contribution in [2.24, 2.45) is 0 Å². The smallest absolute Gasteiger partial charge is 0.102 e. The quantitative estimate of drug-likeness (QED) is 0.566. The van der Waals surface area contributed by atoms with Gasteiger partial charge in [-0.15, -0.1) is 0 Å². The number of hydrogen-bond donors (Lipinski definition) is 0. The van der Waals surface area contributed by atoms with Crippen LogP contribution >= 0.6 is 0 Å². The van der Waals surface area contributed by atoms with E-state index in [2.05, 4.69) is 9.97 Å². The highest BCUT2D eigenvalue weighted by atomic mass is 14.8. The minimum Gasteiger partial charge on any atom is -0.261 e. The predicted molar refractivity (Wildman–Crippen MR) is 41.2 cm³/mol. The summed E-state index contributed by atoms with van der Waals surface area (Å²) in [6.45, 7) is 0. The monoisotopic (exact) mass is 156 g/mol. The molecule has 4 nitrogen and oxygen atoms in total. The van der Waals surface area contributed by atoms with E-state index < -0.39 is 0 Å². The van der Waals surface area contributed by atoms with Gasteiger partial charge in [0.05, 0.1) is 23.5 Å². The average Bonchev–Trinajstić information content (AvgIpc) is 2.15. The van der Waals surface area contributed by atoms with Crippen LogP contribution in [0.15, 0.2) is 24.7 Å². The second kappa shape index (κ2) is 3.85. The lowest BCUT2D eigenvalue weighted by Crippen LogP contribution is -1.86. The van der Waals surface area contributed by atoms with Crippen molar-refractivity contribution in [2.75, 3.05) is 0 Å². The molecule has 0 spiro atoms. The van der Waals surface area contributed by atoms with Crippen molar-refractivity contribution in [3.05, 3.63) is 30.4 Å². The zero-order valence-corrected chi connectivity index (χ0v) is 6.10. The molecule has 0 saturated carbocycles. The summed E-state index contributed by atoms with van der Waals surface area (Å²) in [5.74, 6) is 0. The first-order chi connectivity index (χ1) is 5.88. The maximum atomic E-state index is 8.57. The topological polar surface area (TPSA) is 73.4 Å². The Hall–Kier alpha value is -2.20. The fraction of sp³-hybridized carbons (Fsp3) is 0. The predicted octanol–water partition coefficient (Wildman–Crippen LogP) is 0.907. The van der Waals surface area contributed by atoms with E-state index in [1.807, 2.05) is 6.07 Å². The molecular formula is C8H4N4. The highest BCUT2D eigenvalue weighted by Gasteiger charge is 1.99. The molecule has 0 radical (unpaired) electrons. The van der Waals surface area contributed by atoms with Crippen LogP contribution in [0.25, 0.3) is 5.57 Å². The molecule has 0 bridgehead atoms. The van der Waals surface area contributed by atoms with Crippen LogP contribution in [-0.2, 0) is 0 Å². The number of nitriles is 2. The first-order valence-electron chi connectivity index (χ1n) is 3.14. The summed E-state index contributed by atoms with van der Waals surface area (Å²) in [5, 5.41) is 16.9. The van der Waals surface area contributed by atoms with Crippen LogP contribution in [0.3, 0.4) is 0 Å². The number of hydrogen-bond acceptors (Lipinski definition) is 4. The van der Waals surface area contributed by atoms with Crippen LogP contribution in [0.1, 0.15) is 5.69 Å². The molecule has 0 atom stereocenters. The molecule has 0 N–H and O–H groups in total. The van der Waals surface area contributed by atoms with Gasteiger partial charge in [0, 0.05) is 18.5 Å². The Morgan fingerprint density at radius 2 is 2.25 bits per heavy atom. The van der Waals surface area contributed by atoms with Crippen molar-refractivity contribution in [3.8, 4) is 12.1 Å². The van der Waals surface area contributed by atoms with Gasteiger partial charge in [0.15, 0.2) is 0 Å². The van der Waals surface area contributed by atoms with Gasteiger partial charge >= 0.3 is 0 Å². The van der Waals surface area contributed by atoms with Gasteiger partial charge in [-0.2, -0.15) is 10.5 Å². The summed E-state index contributed by atoms with van der Waals surface area (Å²) in [5.41, 5.74) is 0.646. The van der Waals surface area contributed by atoms with E-state index in [1.54, 1.807) is 6.07 Å². The Balaban J connectivity index is 3.09. The Bertz CT molecular complexity index is 366. The third-order valence-corrected chi connectivity index (χ3v) is 1.17. The van der Waals surface area contributed by atoms with Gasteiger partial charge in [-0.05, 0) is 0 Å². The van der Waals surface area contributed by atoms with Gasteiger partial charge in [-0.1, -0.05) is 0 Å². The summed E-state index contributed by atoms with van der Waals surface area (Å²) >= 11 is 0. The standard InChI is InChI=1S/C8H4N4/c9-2-1-7(5-10)8-6-11-3-4-12-8/h1,3-4,6H. The van der Waals surface area contributed by atoms with Crippen molar-refractivity contribution >= 4 is 5.57 Å². The molecule has 0 fully saturated rings. The maximum Gasteiger partial charge on any atom is 0.102 e. The molecule has 1 rings (SSSR count). The van der Waals surface area contributed by atoms with Crippen molar-refractivity contribution in [1.29, 1.82) is 10.5 Å². The molecular weight excluding hydrogens is 152 g/mol. The van der Waals surface area contributed by atoms with E-state index in [0.717, 1.165) is 6.08 Å². The van der Waals surface area contributed by atoms with Crippen LogP contribution in [0.2, 0.25) is 0 Å². The Labute approximate surface area is 69.4 Å². The second-order valence-electron chi connectivity index (χ2n) is 1.89. The Morgan fingerprint density at radius 1 is 1.42 bits per heavy atom. The van der Waals surface area contributed by atoms with Crippen LogP contribution in [0.4, 0.5) is 0 Å². The summed E-state index contributed by atoms with van der Waals surface area (Å²) in [7, 11) is 0. The fourth-order valence-electron chi connectivity index (χ4n) is 0.666. The number of nitrogens with zero attached hydrogens (tertiary/aromatic N) is 4. The SMILES string of the molecule is N#CC=C(C#N)c1cnccn1. The van der Waals surface area contributed by atoms with Crippen LogP contribution < -0.4 is 0 Å². The maximum absolute atomic E-state index is 8.57. The highest BCUT2D eigenvalue weighted by molar-refractivity contribution is 5.75. The van der Waals surface area contributed by atoms with Crippen molar-refractivity contribution in [3.63, 3.8) is 0 Å². The largest absolute Gasteiger partial charge is 0.261 e. The molecule has 4 heteroatoms. The average molecular weight is 156 g/mol. The van der Waals surface area contributed by atoms with E-state index in [1.165, 1.54) is 18.6 Å². The summed E-state index contributed by atoms with van der Waals surface area (Å²) < 4.78 is 0. The molecule has 0 saturated heterocycles. The van der Waals surface area contributed by atoms with Crippen LogP contribution in [-0.4, -0.2) is 9.97 Å². The molecule has 12 heavy (non-hydrogen) atoms. The van der Waals surface area contributed by atoms with Crippen LogP contribution in [0.5, 0.6) is 0 Å². The molecule has 0 unspecified atom stereocenters. The summed E-state index contributed by atoms with van der Waals surface area (Å²) in [4.78, 5) is 7.64. The molecule has 0 amide bonds. The van der Waals surface area contributed by atoms with Crippen LogP contribution in [0, 0.1) is 22.7 Å². The fourth-order valence-corrected chi connectivity index (χ4v) is 0.666. The van der Waals surface area contributed by atoms with Gasteiger partial charge in [0.2, 0.25) is 0 Å². The van der Waals surface area contributed by atoms with E-state index in [0.29, 0.717) is 5.69 Å². The first-order valence-corrected chi connectivity index (χ1v) is 3.14. The molecule has 0 aliphatic rings. The minimum absolute atomic E-state index is 0.227. The zero-order chi connectivity index (χ0) is 8.81. The number of allylic oxidation sites excluding steroid dienone is 2. The van der Waals surface area contributed by atoms with Gasteiger partial charge in [-0.25, -0.2) is 0 Å². The van der Waals surface area contributed by atoms with Gasteiger partial charge in [0.25, 0.3) is 0 Å². The Morgan fingerprint density at radius 3 is 2.75 bits per heavy atom. The summed E-state index contributed by atoms with van der Waals surface area (Å²) in [6, 6.07) is 3.62. The van der Waals surface area contributed by atoms with Gasteiger partial charge < -0.3 is 0 Å². The zero-order valence-electron chi connectivity index (χ0n) is 6.10. The van der Waals surface area contributed by atoms with E-state index in [4.69, 9.17) is 10.5 Å². The first kappa shape index (κ1) is 7.90. The third kappa shape index (κ3) is 1.65. The van der Waals surface area contributed by atoms with Crippen molar-refractivity contribution < 1.29 is 0 Å². The number of aromatic nitrogens is 2. The number of rotatable bonds is 1. The molecule has 56 valence electrons. The molecule has 1 heterocycles. The van der Waals surface area contributed by atoms with E-state index in [9.17, 15) is 0 Å². The molecule has 0 aliphatic carbocycles. The van der Waals surface area contributed by atoms with E-state index in [-0.39, 0.29) is 5.57 Å². The normalized spacial score (nSPS) is 10.0. The lowest BCUT2D eigenvalue weighted by atomic mass is 10.2. The van der Waals surface area contributed by atoms with E-state index >= 15 is 0 Å². The lowest BCUT2D eigenvalue weighted by molar-refractivity contribution is 1.17. The molecule has 1 aromatic rings.